The van der Waals surface area contributed by atoms with Crippen molar-refractivity contribution in [1.82, 2.24) is 0 Å². The SMILES string of the molecule is CCC(CCN)Oc1ccc(-c2ccccc2)cc1Cl. The molecular formula is C17H20ClNO. The average molecular weight is 290 g/mol. The van der Waals surface area contributed by atoms with Gasteiger partial charge in [-0.05, 0) is 42.6 Å². The minimum absolute atomic E-state index is 0.125. The van der Waals surface area contributed by atoms with E-state index in [4.69, 9.17) is 22.1 Å². The van der Waals surface area contributed by atoms with Crippen molar-refractivity contribution >= 4 is 11.6 Å². The lowest BCUT2D eigenvalue weighted by Crippen LogP contribution is -2.19. The van der Waals surface area contributed by atoms with Gasteiger partial charge in [0.25, 0.3) is 0 Å². The predicted molar refractivity (Wildman–Crippen MR) is 85.3 cm³/mol. The summed E-state index contributed by atoms with van der Waals surface area (Å²) >= 11 is 6.32. The fraction of sp³-hybridized carbons (Fsp3) is 0.294. The van der Waals surface area contributed by atoms with E-state index in [1.54, 1.807) is 0 Å². The highest BCUT2D eigenvalue weighted by Crippen LogP contribution is 2.31. The van der Waals surface area contributed by atoms with Gasteiger partial charge in [0.05, 0.1) is 11.1 Å². The number of benzene rings is 2. The molecule has 0 fully saturated rings. The second-order valence-corrected chi connectivity index (χ2v) is 5.14. The van der Waals surface area contributed by atoms with Crippen LogP contribution < -0.4 is 10.5 Å². The summed E-state index contributed by atoms with van der Waals surface area (Å²) in [5, 5.41) is 0.641. The maximum Gasteiger partial charge on any atom is 0.138 e. The van der Waals surface area contributed by atoms with Crippen molar-refractivity contribution in [3.8, 4) is 16.9 Å². The van der Waals surface area contributed by atoms with Crippen molar-refractivity contribution in [3.63, 3.8) is 0 Å². The maximum atomic E-state index is 6.32. The van der Waals surface area contributed by atoms with Crippen molar-refractivity contribution in [2.24, 2.45) is 5.73 Å². The van der Waals surface area contributed by atoms with E-state index < -0.39 is 0 Å². The van der Waals surface area contributed by atoms with Gasteiger partial charge in [-0.1, -0.05) is 54.9 Å². The molecule has 0 aromatic heterocycles. The Morgan fingerprint density at radius 3 is 2.45 bits per heavy atom. The summed E-state index contributed by atoms with van der Waals surface area (Å²) < 4.78 is 5.91. The number of ether oxygens (including phenoxy) is 1. The molecule has 20 heavy (non-hydrogen) atoms. The third-order valence-corrected chi connectivity index (χ3v) is 3.57. The zero-order valence-electron chi connectivity index (χ0n) is 11.7. The largest absolute Gasteiger partial charge is 0.489 e. The molecule has 0 bridgehead atoms. The highest BCUT2D eigenvalue weighted by molar-refractivity contribution is 6.32. The average Bonchev–Trinajstić information content (AvgIpc) is 2.49. The molecule has 0 aliphatic rings. The van der Waals surface area contributed by atoms with Crippen LogP contribution in [0.4, 0.5) is 0 Å². The molecule has 1 atom stereocenters. The normalized spacial score (nSPS) is 12.2. The molecule has 0 aliphatic heterocycles. The van der Waals surface area contributed by atoms with Crippen LogP contribution in [0.25, 0.3) is 11.1 Å². The third-order valence-electron chi connectivity index (χ3n) is 3.28. The van der Waals surface area contributed by atoms with Gasteiger partial charge in [0.2, 0.25) is 0 Å². The van der Waals surface area contributed by atoms with Gasteiger partial charge in [0, 0.05) is 0 Å². The number of rotatable bonds is 6. The summed E-state index contributed by atoms with van der Waals surface area (Å²) in [6.45, 7) is 2.71. The first-order chi connectivity index (χ1) is 9.74. The smallest absolute Gasteiger partial charge is 0.138 e. The van der Waals surface area contributed by atoms with Crippen LogP contribution in [-0.4, -0.2) is 12.6 Å². The van der Waals surface area contributed by atoms with Gasteiger partial charge in [-0.2, -0.15) is 0 Å². The Kier molecular flexibility index (Phi) is 5.45. The van der Waals surface area contributed by atoms with E-state index in [-0.39, 0.29) is 6.10 Å². The molecule has 0 amide bonds. The lowest BCUT2D eigenvalue weighted by Gasteiger charge is -2.18. The molecule has 2 rings (SSSR count). The van der Waals surface area contributed by atoms with Crippen molar-refractivity contribution in [2.45, 2.75) is 25.9 Å². The molecule has 2 aromatic rings. The summed E-state index contributed by atoms with van der Waals surface area (Å²) in [6.07, 6.45) is 1.89. The van der Waals surface area contributed by atoms with E-state index in [1.807, 2.05) is 36.4 Å². The van der Waals surface area contributed by atoms with Crippen LogP contribution in [0.1, 0.15) is 19.8 Å². The minimum atomic E-state index is 0.125. The zero-order chi connectivity index (χ0) is 14.4. The number of nitrogens with two attached hydrogens (primary N) is 1. The molecule has 2 aromatic carbocycles. The molecule has 106 valence electrons. The first-order valence-electron chi connectivity index (χ1n) is 6.96. The van der Waals surface area contributed by atoms with Crippen molar-refractivity contribution in [1.29, 1.82) is 0 Å². The Hall–Kier alpha value is -1.51. The Labute approximate surface area is 125 Å². The molecular weight excluding hydrogens is 270 g/mol. The van der Waals surface area contributed by atoms with Crippen LogP contribution in [0.5, 0.6) is 5.75 Å². The third kappa shape index (κ3) is 3.75. The fourth-order valence-electron chi connectivity index (χ4n) is 2.12. The lowest BCUT2D eigenvalue weighted by atomic mass is 10.1. The Morgan fingerprint density at radius 2 is 1.85 bits per heavy atom. The number of halogens is 1. The van der Waals surface area contributed by atoms with Crippen LogP contribution in [0.3, 0.4) is 0 Å². The van der Waals surface area contributed by atoms with Gasteiger partial charge in [-0.25, -0.2) is 0 Å². The van der Waals surface area contributed by atoms with Gasteiger partial charge >= 0.3 is 0 Å². The highest BCUT2D eigenvalue weighted by Gasteiger charge is 2.10. The van der Waals surface area contributed by atoms with Crippen molar-refractivity contribution in [2.75, 3.05) is 6.54 Å². The Balaban J connectivity index is 2.18. The van der Waals surface area contributed by atoms with Gasteiger partial charge in [0.1, 0.15) is 5.75 Å². The topological polar surface area (TPSA) is 35.2 Å². The minimum Gasteiger partial charge on any atom is -0.489 e. The van der Waals surface area contributed by atoms with Gasteiger partial charge in [0.15, 0.2) is 0 Å². The second-order valence-electron chi connectivity index (χ2n) is 4.74. The lowest BCUT2D eigenvalue weighted by molar-refractivity contribution is 0.189. The molecule has 0 aliphatic carbocycles. The zero-order valence-corrected chi connectivity index (χ0v) is 12.4. The highest BCUT2D eigenvalue weighted by atomic mass is 35.5. The van der Waals surface area contributed by atoms with Gasteiger partial charge in [-0.15, -0.1) is 0 Å². The number of hydrogen-bond donors (Lipinski definition) is 1. The Morgan fingerprint density at radius 1 is 1.10 bits per heavy atom. The molecule has 0 saturated heterocycles. The molecule has 0 heterocycles. The fourth-order valence-corrected chi connectivity index (χ4v) is 2.34. The molecule has 0 radical (unpaired) electrons. The molecule has 2 N–H and O–H groups in total. The predicted octanol–water partition coefficient (Wildman–Crippen LogP) is 4.51. The maximum absolute atomic E-state index is 6.32. The Bertz CT molecular complexity index is 542. The van der Waals surface area contributed by atoms with E-state index >= 15 is 0 Å². The van der Waals surface area contributed by atoms with Gasteiger partial charge in [-0.3, -0.25) is 0 Å². The van der Waals surface area contributed by atoms with Crippen LogP contribution in [0, 0.1) is 0 Å². The van der Waals surface area contributed by atoms with Crippen molar-refractivity contribution < 1.29 is 4.74 Å². The quantitative estimate of drug-likeness (QED) is 0.849. The monoisotopic (exact) mass is 289 g/mol. The molecule has 0 saturated carbocycles. The number of hydrogen-bond acceptors (Lipinski definition) is 2. The van der Waals surface area contributed by atoms with Crippen LogP contribution in [0.15, 0.2) is 48.5 Å². The molecule has 1 unspecified atom stereocenters. The van der Waals surface area contributed by atoms with Crippen LogP contribution >= 0.6 is 11.6 Å². The van der Waals surface area contributed by atoms with E-state index in [9.17, 15) is 0 Å². The van der Waals surface area contributed by atoms with Gasteiger partial charge < -0.3 is 10.5 Å². The summed E-state index contributed by atoms with van der Waals surface area (Å²) in [5.41, 5.74) is 7.82. The van der Waals surface area contributed by atoms with E-state index in [1.165, 1.54) is 0 Å². The first-order valence-corrected chi connectivity index (χ1v) is 7.34. The van der Waals surface area contributed by atoms with Crippen LogP contribution in [0.2, 0.25) is 5.02 Å². The van der Waals surface area contributed by atoms with Crippen LogP contribution in [-0.2, 0) is 0 Å². The summed E-state index contributed by atoms with van der Waals surface area (Å²) in [7, 11) is 0. The van der Waals surface area contributed by atoms with Crippen molar-refractivity contribution in [3.05, 3.63) is 53.6 Å². The second kappa shape index (κ2) is 7.32. The molecule has 2 nitrogen and oxygen atoms in total. The van der Waals surface area contributed by atoms with E-state index in [0.717, 1.165) is 29.7 Å². The summed E-state index contributed by atoms with van der Waals surface area (Å²) in [5.74, 6) is 0.728. The van der Waals surface area contributed by atoms with E-state index in [0.29, 0.717) is 11.6 Å². The molecule has 0 spiro atoms. The van der Waals surface area contributed by atoms with E-state index in [2.05, 4.69) is 19.1 Å². The summed E-state index contributed by atoms with van der Waals surface area (Å²) in [4.78, 5) is 0. The standard InChI is InChI=1S/C17H20ClNO/c1-2-15(10-11-19)20-17-9-8-14(12-16(17)18)13-6-4-3-5-7-13/h3-9,12,15H,2,10-11,19H2,1H3. The summed E-state index contributed by atoms with van der Waals surface area (Å²) in [6, 6.07) is 16.1. The first kappa shape index (κ1) is 14.9. The molecule has 3 heteroatoms.